The second-order valence-corrected chi connectivity index (χ2v) is 4.25. The van der Waals surface area contributed by atoms with Crippen LogP contribution in [0.3, 0.4) is 0 Å². The van der Waals surface area contributed by atoms with E-state index in [1.54, 1.807) is 18.2 Å². The Morgan fingerprint density at radius 1 is 1.41 bits per heavy atom. The lowest BCUT2D eigenvalue weighted by Gasteiger charge is -2.11. The van der Waals surface area contributed by atoms with Gasteiger partial charge in [0, 0.05) is 12.1 Å². The molecule has 17 heavy (non-hydrogen) atoms. The normalized spacial score (nSPS) is 10.4. The van der Waals surface area contributed by atoms with E-state index in [0.717, 1.165) is 0 Å². The van der Waals surface area contributed by atoms with Crippen molar-refractivity contribution in [2.45, 2.75) is 20.5 Å². The van der Waals surface area contributed by atoms with E-state index in [0.29, 0.717) is 23.8 Å². The molecule has 0 spiro atoms. The summed E-state index contributed by atoms with van der Waals surface area (Å²) in [6, 6.07) is 7.13. The molecule has 0 radical (unpaired) electrons. The van der Waals surface area contributed by atoms with Crippen LogP contribution in [0.2, 0.25) is 0 Å². The number of ether oxygens (including phenoxy) is 1. The Balaban J connectivity index is 2.42. The predicted molar refractivity (Wildman–Crippen MR) is 65.7 cm³/mol. The van der Waals surface area contributed by atoms with E-state index in [1.807, 2.05) is 19.9 Å². The molecular formula is C13H19NO3. The van der Waals surface area contributed by atoms with Gasteiger partial charge in [0.1, 0.15) is 5.75 Å². The molecule has 1 amide bonds. The third kappa shape index (κ3) is 4.87. The molecule has 1 rings (SSSR count). The molecule has 0 heterocycles. The topological polar surface area (TPSA) is 58.6 Å². The Labute approximate surface area is 102 Å². The number of aliphatic hydroxyl groups is 1. The highest BCUT2D eigenvalue weighted by atomic mass is 16.5. The van der Waals surface area contributed by atoms with Crippen LogP contribution in [0.4, 0.5) is 0 Å². The van der Waals surface area contributed by atoms with E-state index in [1.165, 1.54) is 0 Å². The van der Waals surface area contributed by atoms with Gasteiger partial charge in [0.2, 0.25) is 0 Å². The van der Waals surface area contributed by atoms with Gasteiger partial charge in [-0.1, -0.05) is 32.0 Å². The molecule has 0 saturated heterocycles. The molecule has 1 aromatic rings. The lowest BCUT2D eigenvalue weighted by molar-refractivity contribution is -0.123. The monoisotopic (exact) mass is 237 g/mol. The minimum atomic E-state index is -0.147. The van der Waals surface area contributed by atoms with Crippen LogP contribution in [-0.4, -0.2) is 24.2 Å². The molecule has 0 aliphatic carbocycles. The number of hydrogen-bond acceptors (Lipinski definition) is 3. The molecule has 0 aliphatic rings. The van der Waals surface area contributed by atoms with Crippen LogP contribution < -0.4 is 10.1 Å². The average molecular weight is 237 g/mol. The number of hydrogen-bond donors (Lipinski definition) is 2. The quantitative estimate of drug-likeness (QED) is 0.784. The average Bonchev–Trinajstić information content (AvgIpc) is 2.34. The van der Waals surface area contributed by atoms with Gasteiger partial charge < -0.3 is 15.2 Å². The van der Waals surface area contributed by atoms with E-state index in [2.05, 4.69) is 5.32 Å². The van der Waals surface area contributed by atoms with Crippen molar-refractivity contribution >= 4 is 5.91 Å². The summed E-state index contributed by atoms with van der Waals surface area (Å²) in [5, 5.41) is 11.8. The molecule has 0 saturated carbocycles. The van der Waals surface area contributed by atoms with Gasteiger partial charge in [-0.3, -0.25) is 4.79 Å². The van der Waals surface area contributed by atoms with Crippen molar-refractivity contribution in [3.63, 3.8) is 0 Å². The van der Waals surface area contributed by atoms with Gasteiger partial charge >= 0.3 is 0 Å². The van der Waals surface area contributed by atoms with Gasteiger partial charge in [-0.25, -0.2) is 0 Å². The van der Waals surface area contributed by atoms with E-state index in [4.69, 9.17) is 9.84 Å². The van der Waals surface area contributed by atoms with Gasteiger partial charge in [-0.15, -0.1) is 0 Å². The second-order valence-electron chi connectivity index (χ2n) is 4.25. The number of aliphatic hydroxyl groups excluding tert-OH is 1. The maximum atomic E-state index is 11.4. The largest absolute Gasteiger partial charge is 0.483 e. The van der Waals surface area contributed by atoms with Crippen LogP contribution in [0.25, 0.3) is 0 Å². The highest BCUT2D eigenvalue weighted by Crippen LogP contribution is 2.17. The Bertz CT molecular complexity index is 363. The van der Waals surface area contributed by atoms with Gasteiger partial charge in [-0.2, -0.15) is 0 Å². The van der Waals surface area contributed by atoms with E-state index < -0.39 is 0 Å². The molecule has 0 atom stereocenters. The van der Waals surface area contributed by atoms with Crippen LogP contribution in [0, 0.1) is 5.92 Å². The minimum absolute atomic E-state index is 0.0241. The minimum Gasteiger partial charge on any atom is -0.483 e. The zero-order valence-corrected chi connectivity index (χ0v) is 10.3. The third-order valence-electron chi connectivity index (χ3n) is 2.21. The van der Waals surface area contributed by atoms with E-state index in [-0.39, 0.29) is 19.1 Å². The molecule has 0 aromatic heterocycles. The van der Waals surface area contributed by atoms with Crippen molar-refractivity contribution in [1.29, 1.82) is 0 Å². The predicted octanol–water partition coefficient (Wildman–Crippen LogP) is 1.33. The Kier molecular flexibility index (Phi) is 5.49. The Morgan fingerprint density at radius 2 is 2.12 bits per heavy atom. The molecule has 2 N–H and O–H groups in total. The number of nitrogens with one attached hydrogen (secondary N) is 1. The fourth-order valence-electron chi connectivity index (χ4n) is 1.29. The molecule has 4 nitrogen and oxygen atoms in total. The van der Waals surface area contributed by atoms with Crippen molar-refractivity contribution in [3.8, 4) is 5.75 Å². The van der Waals surface area contributed by atoms with Crippen molar-refractivity contribution in [1.82, 2.24) is 5.32 Å². The second kappa shape index (κ2) is 6.91. The van der Waals surface area contributed by atoms with E-state index in [9.17, 15) is 4.79 Å². The summed E-state index contributed by atoms with van der Waals surface area (Å²) in [6.07, 6.45) is 0. The van der Waals surface area contributed by atoms with Crippen molar-refractivity contribution in [2.24, 2.45) is 5.92 Å². The zero-order valence-electron chi connectivity index (χ0n) is 10.3. The van der Waals surface area contributed by atoms with Gasteiger partial charge in [-0.05, 0) is 12.0 Å². The maximum absolute atomic E-state index is 11.4. The molecule has 0 unspecified atom stereocenters. The number of rotatable bonds is 6. The lowest BCUT2D eigenvalue weighted by atomic mass is 10.2. The maximum Gasteiger partial charge on any atom is 0.257 e. The van der Waals surface area contributed by atoms with Crippen LogP contribution in [-0.2, 0) is 11.4 Å². The highest BCUT2D eigenvalue weighted by Gasteiger charge is 2.06. The van der Waals surface area contributed by atoms with E-state index >= 15 is 0 Å². The summed E-state index contributed by atoms with van der Waals surface area (Å²) < 4.78 is 5.35. The summed E-state index contributed by atoms with van der Waals surface area (Å²) in [5.74, 6) is 0.824. The third-order valence-corrected chi connectivity index (χ3v) is 2.21. The highest BCUT2D eigenvalue weighted by molar-refractivity contribution is 5.77. The SMILES string of the molecule is CC(C)CNC(=O)COc1ccccc1CO. The number of carbonyl (C=O) groups excluding carboxylic acids is 1. The van der Waals surface area contributed by atoms with Gasteiger partial charge in [0.25, 0.3) is 5.91 Å². The molecular weight excluding hydrogens is 218 g/mol. The number of benzene rings is 1. The number of para-hydroxylation sites is 1. The van der Waals surface area contributed by atoms with Crippen molar-refractivity contribution in [2.75, 3.05) is 13.2 Å². The standard InChI is InChI=1S/C13H19NO3/c1-10(2)7-14-13(16)9-17-12-6-4-3-5-11(12)8-15/h3-6,10,15H,7-9H2,1-2H3,(H,14,16). The molecule has 0 aliphatic heterocycles. The molecule has 1 aromatic carbocycles. The van der Waals surface area contributed by atoms with Crippen molar-refractivity contribution in [3.05, 3.63) is 29.8 Å². The first-order chi connectivity index (χ1) is 8.13. The Morgan fingerprint density at radius 3 is 2.76 bits per heavy atom. The first kappa shape index (κ1) is 13.5. The zero-order chi connectivity index (χ0) is 12.7. The molecule has 94 valence electrons. The first-order valence-electron chi connectivity index (χ1n) is 5.71. The van der Waals surface area contributed by atoms with Crippen LogP contribution in [0.1, 0.15) is 19.4 Å². The van der Waals surface area contributed by atoms with Gasteiger partial charge in [0.05, 0.1) is 6.61 Å². The molecule has 4 heteroatoms. The molecule has 0 fully saturated rings. The van der Waals surface area contributed by atoms with Crippen LogP contribution in [0.5, 0.6) is 5.75 Å². The smallest absolute Gasteiger partial charge is 0.257 e. The fraction of sp³-hybridized carbons (Fsp3) is 0.462. The summed E-state index contributed by atoms with van der Waals surface area (Å²) in [7, 11) is 0. The van der Waals surface area contributed by atoms with Crippen molar-refractivity contribution < 1.29 is 14.6 Å². The summed E-state index contributed by atoms with van der Waals surface area (Å²) in [6.45, 7) is 4.59. The van der Waals surface area contributed by atoms with Crippen LogP contribution in [0.15, 0.2) is 24.3 Å². The number of amides is 1. The lowest BCUT2D eigenvalue weighted by Crippen LogP contribution is -2.31. The first-order valence-corrected chi connectivity index (χ1v) is 5.71. The summed E-state index contributed by atoms with van der Waals surface area (Å²) >= 11 is 0. The summed E-state index contributed by atoms with van der Waals surface area (Å²) in [5.41, 5.74) is 0.684. The summed E-state index contributed by atoms with van der Waals surface area (Å²) in [4.78, 5) is 11.4. The fourth-order valence-corrected chi connectivity index (χ4v) is 1.29. The molecule has 0 bridgehead atoms. The Hall–Kier alpha value is -1.55. The van der Waals surface area contributed by atoms with Crippen LogP contribution >= 0.6 is 0 Å². The van der Waals surface area contributed by atoms with Gasteiger partial charge in [0.15, 0.2) is 6.61 Å². The number of carbonyl (C=O) groups is 1.